The molecule has 0 spiro atoms. The fraction of sp³-hybridized carbons (Fsp3) is 0.211. The molecule has 9 heteroatoms. The Labute approximate surface area is 189 Å². The molecule has 0 radical (unpaired) electrons. The lowest BCUT2D eigenvalue weighted by Gasteiger charge is -2.08. The second kappa shape index (κ2) is 11.8. The van der Waals surface area contributed by atoms with Crippen molar-refractivity contribution < 1.29 is 33.3 Å². The number of esters is 2. The highest BCUT2D eigenvalue weighted by atomic mass is 127. The minimum atomic E-state index is -0.694. The van der Waals surface area contributed by atoms with Gasteiger partial charge in [0.15, 0.2) is 26.4 Å². The van der Waals surface area contributed by atoms with Gasteiger partial charge in [0.1, 0.15) is 11.5 Å². The van der Waals surface area contributed by atoms with Gasteiger partial charge in [0.25, 0.3) is 0 Å². The standard InChI is InChI=1S/C19H16I2O7/c20-13-1-5-16(6-2-13)25-11-18(23)27-9-15(22)10-28-19(24)12-26-17-7-3-14(21)4-8-17/h1-8H,9-12H2. The molecule has 28 heavy (non-hydrogen) atoms. The number of ketones is 1. The number of hydrogen-bond acceptors (Lipinski definition) is 7. The van der Waals surface area contributed by atoms with E-state index in [-0.39, 0.29) is 13.2 Å². The molecule has 0 saturated heterocycles. The zero-order chi connectivity index (χ0) is 20.4. The van der Waals surface area contributed by atoms with Crippen molar-refractivity contribution in [3.63, 3.8) is 0 Å². The van der Waals surface area contributed by atoms with Crippen LogP contribution in [0, 0.1) is 7.14 Å². The lowest BCUT2D eigenvalue weighted by Crippen LogP contribution is -2.24. The van der Waals surface area contributed by atoms with Crippen LogP contribution >= 0.6 is 45.2 Å². The van der Waals surface area contributed by atoms with E-state index in [2.05, 4.69) is 45.2 Å². The first-order chi connectivity index (χ1) is 13.4. The van der Waals surface area contributed by atoms with E-state index in [0.717, 1.165) is 7.14 Å². The fourth-order valence-electron chi connectivity index (χ4n) is 1.79. The lowest BCUT2D eigenvalue weighted by molar-refractivity contribution is -0.154. The average Bonchev–Trinajstić information content (AvgIpc) is 2.69. The topological polar surface area (TPSA) is 88.1 Å². The Kier molecular flexibility index (Phi) is 9.47. The average molecular weight is 610 g/mol. The summed E-state index contributed by atoms with van der Waals surface area (Å²) in [6.07, 6.45) is 0. The van der Waals surface area contributed by atoms with Crippen LogP contribution in [0.5, 0.6) is 11.5 Å². The Balaban J connectivity index is 1.58. The predicted molar refractivity (Wildman–Crippen MR) is 116 cm³/mol. The molecular formula is C19H16I2O7. The minimum Gasteiger partial charge on any atom is -0.482 e. The van der Waals surface area contributed by atoms with E-state index < -0.39 is 30.9 Å². The highest BCUT2D eigenvalue weighted by molar-refractivity contribution is 14.1. The Hall–Kier alpha value is -1.89. The molecule has 2 rings (SSSR count). The molecule has 0 saturated carbocycles. The molecule has 0 amide bonds. The number of rotatable bonds is 10. The van der Waals surface area contributed by atoms with Gasteiger partial charge in [-0.25, -0.2) is 9.59 Å². The van der Waals surface area contributed by atoms with Crippen molar-refractivity contribution in [1.82, 2.24) is 0 Å². The molecule has 0 N–H and O–H groups in total. The molecule has 0 atom stereocenters. The minimum absolute atomic E-state index is 0.322. The maximum absolute atomic E-state index is 11.6. The quantitative estimate of drug-likeness (QED) is 0.302. The van der Waals surface area contributed by atoms with Crippen molar-refractivity contribution in [3.05, 3.63) is 55.7 Å². The smallest absolute Gasteiger partial charge is 0.344 e. The second-order valence-electron chi connectivity index (χ2n) is 5.35. The van der Waals surface area contributed by atoms with E-state index in [9.17, 15) is 14.4 Å². The van der Waals surface area contributed by atoms with E-state index in [1.165, 1.54) is 0 Å². The normalized spacial score (nSPS) is 10.1. The van der Waals surface area contributed by atoms with Crippen molar-refractivity contribution in [2.24, 2.45) is 0 Å². The summed E-state index contributed by atoms with van der Waals surface area (Å²) in [7, 11) is 0. The zero-order valence-corrected chi connectivity index (χ0v) is 18.9. The van der Waals surface area contributed by atoms with Gasteiger partial charge in [-0.15, -0.1) is 0 Å². The molecule has 148 valence electrons. The summed E-state index contributed by atoms with van der Waals surface area (Å²) in [5, 5.41) is 0. The van der Waals surface area contributed by atoms with E-state index in [0.29, 0.717) is 11.5 Å². The van der Waals surface area contributed by atoms with Gasteiger partial charge in [-0.3, -0.25) is 4.79 Å². The first-order valence-corrected chi connectivity index (χ1v) is 10.2. The molecule has 0 aliphatic heterocycles. The Morgan fingerprint density at radius 2 is 0.964 bits per heavy atom. The van der Waals surface area contributed by atoms with Crippen LogP contribution in [0.4, 0.5) is 0 Å². The summed E-state index contributed by atoms with van der Waals surface area (Å²) < 4.78 is 22.1. The van der Waals surface area contributed by atoms with Crippen molar-refractivity contribution >= 4 is 62.9 Å². The monoisotopic (exact) mass is 610 g/mol. The lowest BCUT2D eigenvalue weighted by atomic mass is 10.3. The highest BCUT2D eigenvalue weighted by Gasteiger charge is 2.12. The van der Waals surface area contributed by atoms with Crippen LogP contribution in [0.2, 0.25) is 0 Å². The molecule has 0 fully saturated rings. The Morgan fingerprint density at radius 3 is 1.32 bits per heavy atom. The Bertz CT molecular complexity index is 737. The number of benzene rings is 2. The third-order valence-corrected chi connectivity index (χ3v) is 4.57. The largest absolute Gasteiger partial charge is 0.482 e. The number of ether oxygens (including phenoxy) is 4. The van der Waals surface area contributed by atoms with Crippen LogP contribution in [-0.2, 0) is 23.9 Å². The van der Waals surface area contributed by atoms with Crippen molar-refractivity contribution in [2.75, 3.05) is 26.4 Å². The molecule has 0 aromatic heterocycles. The Morgan fingerprint density at radius 1 is 0.607 bits per heavy atom. The molecule has 7 nitrogen and oxygen atoms in total. The van der Waals surface area contributed by atoms with Gasteiger partial charge in [-0.2, -0.15) is 0 Å². The van der Waals surface area contributed by atoms with Gasteiger partial charge in [0.05, 0.1) is 0 Å². The molecular weight excluding hydrogens is 594 g/mol. The summed E-state index contributed by atoms with van der Waals surface area (Å²) in [5.74, 6) is -0.901. The van der Waals surface area contributed by atoms with Gasteiger partial charge in [0.2, 0.25) is 5.78 Å². The number of carbonyl (C=O) groups is 3. The van der Waals surface area contributed by atoms with Gasteiger partial charge >= 0.3 is 11.9 Å². The van der Waals surface area contributed by atoms with E-state index >= 15 is 0 Å². The van der Waals surface area contributed by atoms with Crippen LogP contribution < -0.4 is 9.47 Å². The van der Waals surface area contributed by atoms with Crippen molar-refractivity contribution in [3.8, 4) is 11.5 Å². The van der Waals surface area contributed by atoms with Crippen LogP contribution in [0.25, 0.3) is 0 Å². The zero-order valence-electron chi connectivity index (χ0n) is 14.6. The van der Waals surface area contributed by atoms with E-state index in [4.69, 9.17) is 18.9 Å². The molecule has 0 aliphatic carbocycles. The predicted octanol–water partition coefficient (Wildman–Crippen LogP) is 3.01. The van der Waals surface area contributed by atoms with Crippen LogP contribution in [0.1, 0.15) is 0 Å². The van der Waals surface area contributed by atoms with Gasteiger partial charge < -0.3 is 18.9 Å². The summed E-state index contributed by atoms with van der Waals surface area (Å²) in [5.41, 5.74) is 0. The fourth-order valence-corrected chi connectivity index (χ4v) is 2.51. The third kappa shape index (κ3) is 8.87. The number of Topliss-reactive ketones (excluding diaryl/α,β-unsaturated/α-hetero) is 1. The van der Waals surface area contributed by atoms with Gasteiger partial charge in [0, 0.05) is 7.14 Å². The van der Waals surface area contributed by atoms with Gasteiger partial charge in [-0.05, 0) is 93.7 Å². The number of carbonyl (C=O) groups excluding carboxylic acids is 3. The second-order valence-corrected chi connectivity index (χ2v) is 7.84. The third-order valence-electron chi connectivity index (χ3n) is 3.13. The molecule has 0 heterocycles. The molecule has 0 unspecified atom stereocenters. The van der Waals surface area contributed by atoms with Crippen LogP contribution in [-0.4, -0.2) is 44.1 Å². The SMILES string of the molecule is O=C(COC(=O)COc1ccc(I)cc1)COC(=O)COc1ccc(I)cc1. The summed E-state index contributed by atoms with van der Waals surface area (Å²) in [4.78, 5) is 34.8. The molecule has 2 aromatic carbocycles. The summed E-state index contributed by atoms with van der Waals surface area (Å²) in [6.45, 7) is -1.64. The first kappa shape index (κ1) is 22.4. The van der Waals surface area contributed by atoms with E-state index in [1.54, 1.807) is 24.3 Å². The van der Waals surface area contributed by atoms with Crippen LogP contribution in [0.15, 0.2) is 48.5 Å². The van der Waals surface area contributed by atoms with E-state index in [1.807, 2.05) is 24.3 Å². The van der Waals surface area contributed by atoms with Gasteiger partial charge in [-0.1, -0.05) is 0 Å². The molecule has 2 aromatic rings. The maximum atomic E-state index is 11.6. The summed E-state index contributed by atoms with van der Waals surface area (Å²) >= 11 is 4.30. The highest BCUT2D eigenvalue weighted by Crippen LogP contribution is 2.14. The van der Waals surface area contributed by atoms with Crippen LogP contribution in [0.3, 0.4) is 0 Å². The first-order valence-electron chi connectivity index (χ1n) is 8.02. The summed E-state index contributed by atoms with van der Waals surface area (Å²) in [6, 6.07) is 14.2. The molecule has 0 bridgehead atoms. The molecule has 0 aliphatic rings. The number of halogens is 2. The van der Waals surface area contributed by atoms with Crippen molar-refractivity contribution in [2.45, 2.75) is 0 Å². The number of hydrogen-bond donors (Lipinski definition) is 0. The van der Waals surface area contributed by atoms with Crippen molar-refractivity contribution in [1.29, 1.82) is 0 Å². The maximum Gasteiger partial charge on any atom is 0.344 e.